The van der Waals surface area contributed by atoms with Crippen molar-refractivity contribution in [3.05, 3.63) is 0 Å². The predicted molar refractivity (Wildman–Crippen MR) is 85.0 cm³/mol. The minimum atomic E-state index is 0.683. The first-order chi connectivity index (χ1) is 9.34. The van der Waals surface area contributed by atoms with Crippen molar-refractivity contribution in [2.75, 3.05) is 6.54 Å². The largest absolute Gasteiger partial charge is 0.269 e. The Morgan fingerprint density at radius 2 is 1.32 bits per heavy atom. The Balaban J connectivity index is 1.84. The van der Waals surface area contributed by atoms with Crippen LogP contribution in [-0.4, -0.2) is 17.6 Å². The van der Waals surface area contributed by atoms with Crippen LogP contribution in [0.3, 0.4) is 0 Å². The van der Waals surface area contributed by atoms with Gasteiger partial charge in [0.15, 0.2) is 0 Å². The van der Waals surface area contributed by atoms with Crippen LogP contribution in [0.4, 0.5) is 0 Å². The van der Waals surface area contributed by atoms with E-state index in [1.807, 2.05) is 0 Å². The van der Waals surface area contributed by atoms with Crippen LogP contribution in [0, 0.1) is 0 Å². The zero-order valence-corrected chi connectivity index (χ0v) is 13.2. The van der Waals surface area contributed by atoms with Gasteiger partial charge in [-0.05, 0) is 19.3 Å². The third kappa shape index (κ3) is 8.65. The number of nitrogens with two attached hydrogens (primary N) is 1. The summed E-state index contributed by atoms with van der Waals surface area (Å²) in [5.41, 5.74) is 0. The number of unbranched alkanes of at least 4 members (excludes halogenated alkanes) is 8. The van der Waals surface area contributed by atoms with Crippen molar-refractivity contribution in [3.63, 3.8) is 0 Å². The topological polar surface area (TPSA) is 29.3 Å². The Kier molecular flexibility index (Phi) is 10.5. The molecule has 0 aromatic carbocycles. The molecule has 0 atom stereocenters. The molecule has 1 aliphatic carbocycles. The van der Waals surface area contributed by atoms with Gasteiger partial charge < -0.3 is 0 Å². The summed E-state index contributed by atoms with van der Waals surface area (Å²) in [6.45, 7) is 3.39. The van der Waals surface area contributed by atoms with E-state index in [4.69, 9.17) is 5.84 Å². The molecule has 0 amide bonds. The van der Waals surface area contributed by atoms with Gasteiger partial charge >= 0.3 is 0 Å². The Labute approximate surface area is 121 Å². The molecule has 0 bridgehead atoms. The van der Waals surface area contributed by atoms with Crippen molar-refractivity contribution >= 4 is 0 Å². The quantitative estimate of drug-likeness (QED) is 0.324. The van der Waals surface area contributed by atoms with E-state index in [1.54, 1.807) is 0 Å². The highest BCUT2D eigenvalue weighted by atomic mass is 15.4. The maximum atomic E-state index is 6.18. The lowest BCUT2D eigenvalue weighted by atomic mass is 9.95. The number of hydrogen-bond acceptors (Lipinski definition) is 2. The van der Waals surface area contributed by atoms with Crippen molar-refractivity contribution in [1.29, 1.82) is 0 Å². The molecule has 0 aromatic rings. The molecule has 0 radical (unpaired) electrons. The smallest absolute Gasteiger partial charge is 0.0241 e. The Morgan fingerprint density at radius 3 is 1.89 bits per heavy atom. The predicted octanol–water partition coefficient (Wildman–Crippen LogP) is 5.03. The third-order valence-corrected chi connectivity index (χ3v) is 4.56. The van der Waals surface area contributed by atoms with E-state index in [2.05, 4.69) is 11.9 Å². The van der Waals surface area contributed by atoms with Crippen LogP contribution in [0.2, 0.25) is 0 Å². The van der Waals surface area contributed by atoms with Crippen LogP contribution in [0.5, 0.6) is 0 Å². The molecular formula is C17H36N2. The molecule has 1 aliphatic rings. The summed E-state index contributed by atoms with van der Waals surface area (Å²) in [6, 6.07) is 0.683. The molecule has 19 heavy (non-hydrogen) atoms. The lowest BCUT2D eigenvalue weighted by molar-refractivity contribution is 0.155. The molecule has 0 saturated heterocycles. The molecule has 1 rings (SSSR count). The molecule has 2 nitrogen and oxygen atoms in total. The zero-order valence-electron chi connectivity index (χ0n) is 13.2. The Morgan fingerprint density at radius 1 is 0.789 bits per heavy atom. The highest BCUT2D eigenvalue weighted by molar-refractivity contribution is 4.72. The van der Waals surface area contributed by atoms with Crippen molar-refractivity contribution in [2.45, 2.75) is 103 Å². The van der Waals surface area contributed by atoms with Gasteiger partial charge in [-0.3, -0.25) is 5.84 Å². The highest BCUT2D eigenvalue weighted by Gasteiger charge is 2.17. The molecule has 2 heteroatoms. The minimum absolute atomic E-state index is 0.683. The second-order valence-corrected chi connectivity index (χ2v) is 6.36. The second kappa shape index (κ2) is 11.7. The highest BCUT2D eigenvalue weighted by Crippen LogP contribution is 2.21. The van der Waals surface area contributed by atoms with E-state index >= 15 is 0 Å². The van der Waals surface area contributed by atoms with E-state index in [0.717, 1.165) is 6.54 Å². The summed E-state index contributed by atoms with van der Waals surface area (Å²) in [5, 5.41) is 2.14. The van der Waals surface area contributed by atoms with Gasteiger partial charge in [-0.2, -0.15) is 0 Å². The average molecular weight is 268 g/mol. The summed E-state index contributed by atoms with van der Waals surface area (Å²) in [5.74, 6) is 6.18. The number of hydrazine groups is 1. The number of nitrogens with zero attached hydrogens (tertiary/aromatic N) is 1. The van der Waals surface area contributed by atoms with Crippen molar-refractivity contribution in [2.24, 2.45) is 5.84 Å². The van der Waals surface area contributed by atoms with Crippen molar-refractivity contribution in [3.8, 4) is 0 Å². The first-order valence-corrected chi connectivity index (χ1v) is 8.86. The van der Waals surface area contributed by atoms with E-state index in [1.165, 1.54) is 89.9 Å². The van der Waals surface area contributed by atoms with Crippen LogP contribution in [0.1, 0.15) is 96.8 Å². The molecule has 1 fully saturated rings. The maximum absolute atomic E-state index is 6.18. The lowest BCUT2D eigenvalue weighted by Crippen LogP contribution is -2.42. The first kappa shape index (κ1) is 17.0. The molecule has 2 N–H and O–H groups in total. The van der Waals surface area contributed by atoms with E-state index in [9.17, 15) is 0 Å². The van der Waals surface area contributed by atoms with Crippen LogP contribution in [-0.2, 0) is 0 Å². The van der Waals surface area contributed by atoms with E-state index in [-0.39, 0.29) is 0 Å². The van der Waals surface area contributed by atoms with Crippen LogP contribution >= 0.6 is 0 Å². The summed E-state index contributed by atoms with van der Waals surface area (Å²) >= 11 is 0. The van der Waals surface area contributed by atoms with Gasteiger partial charge in [0.2, 0.25) is 0 Å². The molecule has 0 unspecified atom stereocenters. The average Bonchev–Trinajstić information content (AvgIpc) is 2.46. The van der Waals surface area contributed by atoms with Gasteiger partial charge in [0, 0.05) is 12.6 Å². The van der Waals surface area contributed by atoms with Gasteiger partial charge in [-0.25, -0.2) is 5.01 Å². The standard InChI is InChI=1S/C17H36N2/c1-2-3-4-5-6-7-8-9-13-16-19(18)17-14-11-10-12-15-17/h17H,2-16,18H2,1H3. The van der Waals surface area contributed by atoms with Crippen LogP contribution in [0.15, 0.2) is 0 Å². The van der Waals surface area contributed by atoms with Crippen molar-refractivity contribution in [1.82, 2.24) is 5.01 Å². The minimum Gasteiger partial charge on any atom is -0.269 e. The zero-order chi connectivity index (χ0) is 13.8. The Hall–Kier alpha value is -0.0800. The molecule has 114 valence electrons. The molecule has 0 spiro atoms. The fourth-order valence-electron chi connectivity index (χ4n) is 3.20. The molecular weight excluding hydrogens is 232 g/mol. The van der Waals surface area contributed by atoms with Gasteiger partial charge in [0.1, 0.15) is 0 Å². The van der Waals surface area contributed by atoms with E-state index in [0.29, 0.717) is 6.04 Å². The fraction of sp³-hybridized carbons (Fsp3) is 1.00. The fourth-order valence-corrected chi connectivity index (χ4v) is 3.20. The number of hydrogen-bond donors (Lipinski definition) is 1. The third-order valence-electron chi connectivity index (χ3n) is 4.56. The summed E-state index contributed by atoms with van der Waals surface area (Å²) in [6.07, 6.45) is 19.4. The lowest BCUT2D eigenvalue weighted by Gasteiger charge is -2.30. The molecule has 0 aromatic heterocycles. The molecule has 0 aliphatic heterocycles. The Bertz CT molecular complexity index is 188. The monoisotopic (exact) mass is 268 g/mol. The summed E-state index contributed by atoms with van der Waals surface area (Å²) < 4.78 is 0. The maximum Gasteiger partial charge on any atom is 0.0241 e. The van der Waals surface area contributed by atoms with Gasteiger partial charge in [-0.1, -0.05) is 77.6 Å². The first-order valence-electron chi connectivity index (χ1n) is 8.86. The SMILES string of the molecule is CCCCCCCCCCCN(N)C1CCCCC1. The van der Waals surface area contributed by atoms with E-state index < -0.39 is 0 Å². The van der Waals surface area contributed by atoms with Gasteiger partial charge in [0.25, 0.3) is 0 Å². The summed E-state index contributed by atoms with van der Waals surface area (Å²) in [4.78, 5) is 0. The second-order valence-electron chi connectivity index (χ2n) is 6.36. The van der Waals surface area contributed by atoms with Gasteiger partial charge in [0.05, 0.1) is 0 Å². The van der Waals surface area contributed by atoms with Crippen molar-refractivity contribution < 1.29 is 0 Å². The van der Waals surface area contributed by atoms with Crippen LogP contribution in [0.25, 0.3) is 0 Å². The summed E-state index contributed by atoms with van der Waals surface area (Å²) in [7, 11) is 0. The molecule has 0 heterocycles. The number of rotatable bonds is 11. The van der Waals surface area contributed by atoms with Gasteiger partial charge in [-0.15, -0.1) is 0 Å². The normalized spacial score (nSPS) is 17.2. The van der Waals surface area contributed by atoms with Crippen LogP contribution < -0.4 is 5.84 Å². The molecule has 1 saturated carbocycles.